The second-order valence-corrected chi connectivity index (χ2v) is 10.2. The molecule has 12 heteroatoms. The van der Waals surface area contributed by atoms with Gasteiger partial charge in [0.05, 0.1) is 34.6 Å². The summed E-state index contributed by atoms with van der Waals surface area (Å²) >= 11 is 6.30. The Bertz CT molecular complexity index is 1340. The number of nitriles is 1. The number of rotatable bonds is 6. The molecule has 1 aromatic carbocycles. The van der Waals surface area contributed by atoms with Crippen LogP contribution in [0, 0.1) is 23.1 Å². The molecule has 37 heavy (non-hydrogen) atoms. The van der Waals surface area contributed by atoms with E-state index in [0.717, 1.165) is 25.3 Å². The number of carbonyl (C=O) groups excluding carboxylic acids is 1. The van der Waals surface area contributed by atoms with Crippen molar-refractivity contribution in [2.75, 3.05) is 10.6 Å². The van der Waals surface area contributed by atoms with Crippen molar-refractivity contribution in [1.29, 1.82) is 5.26 Å². The van der Waals surface area contributed by atoms with E-state index in [1.165, 1.54) is 6.07 Å². The van der Waals surface area contributed by atoms with Crippen LogP contribution < -0.4 is 16.4 Å². The molecule has 2 fully saturated rings. The highest BCUT2D eigenvalue weighted by Gasteiger charge is 2.30. The molecule has 194 valence electrons. The van der Waals surface area contributed by atoms with Crippen LogP contribution in [-0.2, 0) is 4.79 Å². The zero-order chi connectivity index (χ0) is 26.1. The quantitative estimate of drug-likeness (QED) is 0.373. The maximum Gasteiger partial charge on any atom is 0.224 e. The first-order valence-electron chi connectivity index (χ1n) is 12.5. The van der Waals surface area contributed by atoms with E-state index < -0.39 is 5.82 Å². The lowest BCUT2D eigenvalue weighted by atomic mass is 9.85. The fraction of sp³-hybridized carbons (Fsp3) is 0.480. The Kier molecular flexibility index (Phi) is 7.13. The molecule has 2 aliphatic carbocycles. The van der Waals surface area contributed by atoms with Crippen LogP contribution in [0.3, 0.4) is 0 Å². The summed E-state index contributed by atoms with van der Waals surface area (Å²) in [5, 5.41) is 25.5. The van der Waals surface area contributed by atoms with Crippen molar-refractivity contribution in [3.8, 4) is 6.07 Å². The van der Waals surface area contributed by atoms with E-state index in [4.69, 9.17) is 27.6 Å². The van der Waals surface area contributed by atoms with Crippen LogP contribution in [-0.4, -0.2) is 42.7 Å². The van der Waals surface area contributed by atoms with Crippen LogP contribution in [0.15, 0.2) is 18.3 Å². The molecule has 3 aromatic rings. The smallest absolute Gasteiger partial charge is 0.224 e. The van der Waals surface area contributed by atoms with Gasteiger partial charge in [0, 0.05) is 18.0 Å². The van der Waals surface area contributed by atoms with Crippen LogP contribution in [0.2, 0.25) is 5.02 Å². The Balaban J connectivity index is 1.52. The van der Waals surface area contributed by atoms with Gasteiger partial charge < -0.3 is 21.5 Å². The summed E-state index contributed by atoms with van der Waals surface area (Å²) < 4.78 is 16.8. The second-order valence-electron chi connectivity index (χ2n) is 9.83. The molecule has 0 spiro atoms. The summed E-state index contributed by atoms with van der Waals surface area (Å²) in [7, 11) is 0. The first kappa shape index (κ1) is 25.2. The average molecular weight is 527 g/mol. The molecule has 10 nitrogen and oxygen atoms in total. The highest BCUT2D eigenvalue weighted by molar-refractivity contribution is 6.33. The molecule has 2 heterocycles. The monoisotopic (exact) mass is 526 g/mol. The Morgan fingerprint density at radius 2 is 2.00 bits per heavy atom. The Morgan fingerprint density at radius 1 is 1.22 bits per heavy atom. The molecule has 1 amide bonds. The molecule has 2 aliphatic rings. The van der Waals surface area contributed by atoms with Crippen molar-refractivity contribution in [2.24, 2.45) is 11.7 Å². The van der Waals surface area contributed by atoms with Gasteiger partial charge >= 0.3 is 0 Å². The minimum Gasteiger partial charge on any atom is -0.393 e. The van der Waals surface area contributed by atoms with Gasteiger partial charge in [-0.05, 0) is 63.5 Å². The number of imidazole rings is 1. The lowest BCUT2D eigenvalue weighted by molar-refractivity contribution is -0.122. The first-order valence-corrected chi connectivity index (χ1v) is 12.8. The number of nitrogens with zero attached hydrogens (tertiary/aromatic N) is 5. The van der Waals surface area contributed by atoms with Gasteiger partial charge in [-0.25, -0.2) is 14.4 Å². The number of carbonyl (C=O) groups is 1. The fourth-order valence-electron chi connectivity index (χ4n) is 5.36. The minimum atomic E-state index is -0.676. The lowest BCUT2D eigenvalue weighted by Crippen LogP contribution is -2.30. The molecule has 0 bridgehead atoms. The van der Waals surface area contributed by atoms with Gasteiger partial charge in [0.2, 0.25) is 17.8 Å². The van der Waals surface area contributed by atoms with E-state index in [1.54, 1.807) is 6.20 Å². The minimum absolute atomic E-state index is 0.00513. The standard InChI is InChI=1S/C25H28ClFN8O2/c26-18-8-13(11-28)9-19(27)21(18)33-25-32-20-12-30-24(31-15-2-1-3-17(36)10-15)34-23(20)35(25)16-6-4-14(5-7-16)22(29)37/h8-9,12,14-17,36H,1-7,10H2,(H2,29,37)(H,32,33)(H,30,31,34)/t14-,15-,16-,17-/m1/s1. The molecule has 0 aliphatic heterocycles. The summed E-state index contributed by atoms with van der Waals surface area (Å²) in [5.74, 6) is -0.403. The molecule has 0 saturated heterocycles. The van der Waals surface area contributed by atoms with Crippen LogP contribution >= 0.6 is 11.6 Å². The molecule has 5 rings (SSSR count). The van der Waals surface area contributed by atoms with Crippen LogP contribution in [0.4, 0.5) is 22.0 Å². The Hall–Kier alpha value is -3.49. The number of anilines is 3. The number of primary amides is 1. The number of benzene rings is 1. The normalized spacial score (nSPS) is 23.9. The maximum atomic E-state index is 14.9. The highest BCUT2D eigenvalue weighted by atomic mass is 35.5. The van der Waals surface area contributed by atoms with Crippen molar-refractivity contribution in [3.05, 3.63) is 34.7 Å². The van der Waals surface area contributed by atoms with Crippen molar-refractivity contribution in [2.45, 2.75) is 69.6 Å². The van der Waals surface area contributed by atoms with Gasteiger partial charge in [-0.3, -0.25) is 9.36 Å². The molecule has 0 radical (unpaired) electrons. The van der Waals surface area contributed by atoms with Gasteiger partial charge in [-0.2, -0.15) is 10.2 Å². The van der Waals surface area contributed by atoms with Gasteiger partial charge in [-0.1, -0.05) is 11.6 Å². The van der Waals surface area contributed by atoms with Crippen molar-refractivity contribution < 1.29 is 14.3 Å². The number of amides is 1. The highest BCUT2D eigenvalue weighted by Crippen LogP contribution is 2.38. The number of hydrogen-bond donors (Lipinski definition) is 4. The SMILES string of the molecule is N#Cc1cc(F)c(Nc2nc3cnc(N[C@@H]4CCC[C@@H](O)C4)nc3n2[C@H]2CC[C@H](C(N)=O)CC2)c(Cl)c1. The van der Waals surface area contributed by atoms with Crippen LogP contribution in [0.25, 0.3) is 11.2 Å². The third-order valence-corrected chi connectivity index (χ3v) is 7.58. The number of nitrogens with one attached hydrogen (secondary N) is 2. The molecule has 5 N–H and O–H groups in total. The van der Waals surface area contributed by atoms with Crippen molar-refractivity contribution >= 4 is 46.3 Å². The third kappa shape index (κ3) is 5.31. The summed E-state index contributed by atoms with van der Waals surface area (Å²) in [4.78, 5) is 25.5. The Labute approximate surface area is 218 Å². The average Bonchev–Trinajstić information content (AvgIpc) is 3.23. The number of hydrogen-bond acceptors (Lipinski definition) is 8. The van der Waals surface area contributed by atoms with Gasteiger partial charge in [0.1, 0.15) is 11.3 Å². The number of aromatic nitrogens is 4. The zero-order valence-electron chi connectivity index (χ0n) is 20.1. The summed E-state index contributed by atoms with van der Waals surface area (Å²) in [6.45, 7) is 0. The number of halogens is 2. The third-order valence-electron chi connectivity index (χ3n) is 7.28. The first-order chi connectivity index (χ1) is 17.8. The van der Waals surface area contributed by atoms with Gasteiger partial charge in [0.15, 0.2) is 5.65 Å². The van der Waals surface area contributed by atoms with Gasteiger partial charge in [-0.15, -0.1) is 0 Å². The summed E-state index contributed by atoms with van der Waals surface area (Å²) in [5.41, 5.74) is 6.72. The second kappa shape index (κ2) is 10.5. The molecule has 2 atom stereocenters. The largest absolute Gasteiger partial charge is 0.393 e. The molecule has 0 unspecified atom stereocenters. The van der Waals surface area contributed by atoms with Gasteiger partial charge in [0.25, 0.3) is 0 Å². The van der Waals surface area contributed by atoms with E-state index in [2.05, 4.69) is 20.6 Å². The van der Waals surface area contributed by atoms with E-state index in [1.807, 2.05) is 10.6 Å². The van der Waals surface area contributed by atoms with E-state index in [9.17, 15) is 14.3 Å². The zero-order valence-corrected chi connectivity index (χ0v) is 20.9. The number of aliphatic hydroxyl groups excluding tert-OH is 1. The maximum absolute atomic E-state index is 14.9. The predicted molar refractivity (Wildman–Crippen MR) is 137 cm³/mol. The molecular formula is C25H28ClFN8O2. The van der Waals surface area contributed by atoms with E-state index in [-0.39, 0.29) is 46.3 Å². The van der Waals surface area contributed by atoms with E-state index in [0.29, 0.717) is 55.2 Å². The van der Waals surface area contributed by atoms with Crippen molar-refractivity contribution in [3.63, 3.8) is 0 Å². The summed E-state index contributed by atoms with van der Waals surface area (Å²) in [6.07, 6.45) is 7.11. The molecule has 2 saturated carbocycles. The van der Waals surface area contributed by atoms with Crippen LogP contribution in [0.1, 0.15) is 63.0 Å². The molecular weight excluding hydrogens is 499 g/mol. The number of fused-ring (bicyclic) bond motifs is 1. The number of nitrogens with two attached hydrogens (primary N) is 1. The van der Waals surface area contributed by atoms with Crippen LogP contribution in [0.5, 0.6) is 0 Å². The lowest BCUT2D eigenvalue weighted by Gasteiger charge is -2.29. The Morgan fingerprint density at radius 3 is 2.68 bits per heavy atom. The summed E-state index contributed by atoms with van der Waals surface area (Å²) in [6, 6.07) is 4.38. The number of aliphatic hydroxyl groups is 1. The van der Waals surface area contributed by atoms with Crippen molar-refractivity contribution in [1.82, 2.24) is 19.5 Å². The topological polar surface area (TPSA) is 155 Å². The van der Waals surface area contributed by atoms with E-state index >= 15 is 0 Å². The fourth-order valence-corrected chi connectivity index (χ4v) is 5.61. The predicted octanol–water partition coefficient (Wildman–Crippen LogP) is 4.17. The molecule has 2 aromatic heterocycles.